The summed E-state index contributed by atoms with van der Waals surface area (Å²) in [5, 5.41) is 9.50. The minimum atomic E-state index is -0.433. The van der Waals surface area contributed by atoms with Gasteiger partial charge in [0.15, 0.2) is 0 Å². The molecule has 2 aromatic heterocycles. The van der Waals surface area contributed by atoms with Crippen molar-refractivity contribution >= 4 is 23.3 Å². The number of hydrogen-bond donors (Lipinski definition) is 2. The van der Waals surface area contributed by atoms with Crippen LogP contribution in [0.15, 0.2) is 59.5 Å². The van der Waals surface area contributed by atoms with E-state index in [2.05, 4.69) is 20.7 Å². The number of hydrogen-bond acceptors (Lipinski definition) is 5. The number of aromatic nitrogens is 3. The first-order chi connectivity index (χ1) is 13.9. The van der Waals surface area contributed by atoms with Gasteiger partial charge in [0.2, 0.25) is 5.91 Å². The first kappa shape index (κ1) is 19.9. The van der Waals surface area contributed by atoms with Crippen LogP contribution >= 0.6 is 0 Å². The van der Waals surface area contributed by atoms with E-state index in [0.717, 1.165) is 15.8 Å². The zero-order valence-corrected chi connectivity index (χ0v) is 16.2. The highest BCUT2D eigenvalue weighted by molar-refractivity contribution is 6.02. The highest BCUT2D eigenvalue weighted by Gasteiger charge is 2.11. The molecule has 2 heterocycles. The lowest BCUT2D eigenvalue weighted by Crippen LogP contribution is -2.28. The molecule has 0 atom stereocenters. The fourth-order valence-corrected chi connectivity index (χ4v) is 2.67. The number of benzene rings is 1. The van der Waals surface area contributed by atoms with Crippen LogP contribution < -0.4 is 16.2 Å². The number of rotatable bonds is 6. The van der Waals surface area contributed by atoms with Gasteiger partial charge in [-0.15, -0.1) is 0 Å². The second-order valence-electron chi connectivity index (χ2n) is 6.62. The second kappa shape index (κ2) is 8.92. The molecule has 148 valence electrons. The Bertz CT molecular complexity index is 1110. The van der Waals surface area contributed by atoms with Crippen LogP contribution in [0.3, 0.4) is 0 Å². The number of aryl methyl sites for hydroxylation is 3. The summed E-state index contributed by atoms with van der Waals surface area (Å²) in [6, 6.07) is 13.6. The molecule has 3 aromatic rings. The van der Waals surface area contributed by atoms with E-state index in [1.165, 1.54) is 12.1 Å². The van der Waals surface area contributed by atoms with Gasteiger partial charge in [-0.2, -0.15) is 5.10 Å². The van der Waals surface area contributed by atoms with Gasteiger partial charge in [-0.05, 0) is 55.3 Å². The van der Waals surface area contributed by atoms with Crippen LogP contribution in [0.4, 0.5) is 11.5 Å². The van der Waals surface area contributed by atoms with Crippen molar-refractivity contribution in [1.82, 2.24) is 14.8 Å². The molecule has 8 nitrogen and oxygen atoms in total. The standard InChI is InChI=1S/C21H21N5O3/c1-14-4-3-5-16(12-14)23-21(29)17-6-7-20(28)26(25-17)11-9-19(27)24-18-13-15(2)8-10-22-18/h3-8,10,12-13H,9,11H2,1-2H3,(H,23,29)(H,22,24,27). The number of amides is 2. The number of pyridine rings is 1. The van der Waals surface area contributed by atoms with Gasteiger partial charge in [-0.1, -0.05) is 12.1 Å². The molecule has 0 radical (unpaired) electrons. The van der Waals surface area contributed by atoms with E-state index in [1.54, 1.807) is 18.3 Å². The monoisotopic (exact) mass is 391 g/mol. The second-order valence-corrected chi connectivity index (χ2v) is 6.62. The van der Waals surface area contributed by atoms with Crippen LogP contribution in [-0.2, 0) is 11.3 Å². The first-order valence-electron chi connectivity index (χ1n) is 9.09. The Labute approximate surface area is 167 Å². The number of carbonyl (C=O) groups excluding carboxylic acids is 2. The molecule has 0 spiro atoms. The summed E-state index contributed by atoms with van der Waals surface area (Å²) in [5.41, 5.74) is 2.32. The molecule has 0 fully saturated rings. The molecule has 2 amide bonds. The van der Waals surface area contributed by atoms with Gasteiger partial charge < -0.3 is 10.6 Å². The molecule has 0 saturated carbocycles. The van der Waals surface area contributed by atoms with Gasteiger partial charge in [-0.25, -0.2) is 9.67 Å². The van der Waals surface area contributed by atoms with Crippen molar-refractivity contribution in [2.45, 2.75) is 26.8 Å². The normalized spacial score (nSPS) is 10.4. The molecule has 0 aliphatic rings. The molecule has 8 heteroatoms. The van der Waals surface area contributed by atoms with Crippen LogP contribution in [0.2, 0.25) is 0 Å². The summed E-state index contributed by atoms with van der Waals surface area (Å²) in [4.78, 5) is 40.7. The molecule has 0 aliphatic heterocycles. The van der Waals surface area contributed by atoms with Crippen molar-refractivity contribution in [2.24, 2.45) is 0 Å². The fraction of sp³-hybridized carbons (Fsp3) is 0.190. The predicted octanol–water partition coefficient (Wildman–Crippen LogP) is 2.54. The van der Waals surface area contributed by atoms with Crippen molar-refractivity contribution < 1.29 is 9.59 Å². The maximum absolute atomic E-state index is 12.4. The van der Waals surface area contributed by atoms with Crippen LogP contribution in [0.1, 0.15) is 28.0 Å². The van der Waals surface area contributed by atoms with Gasteiger partial charge in [0.25, 0.3) is 11.5 Å². The Balaban J connectivity index is 1.65. The van der Waals surface area contributed by atoms with Crippen molar-refractivity contribution in [2.75, 3.05) is 10.6 Å². The topological polar surface area (TPSA) is 106 Å². The van der Waals surface area contributed by atoms with Gasteiger partial charge in [0, 0.05) is 24.4 Å². The maximum Gasteiger partial charge on any atom is 0.276 e. The van der Waals surface area contributed by atoms with E-state index in [0.29, 0.717) is 11.5 Å². The third-order valence-electron chi connectivity index (χ3n) is 4.11. The zero-order chi connectivity index (χ0) is 20.8. The van der Waals surface area contributed by atoms with Crippen molar-refractivity contribution in [3.63, 3.8) is 0 Å². The average Bonchev–Trinajstić information content (AvgIpc) is 2.67. The van der Waals surface area contributed by atoms with Gasteiger partial charge in [0.05, 0.1) is 6.54 Å². The third kappa shape index (κ3) is 5.58. The first-order valence-corrected chi connectivity index (χ1v) is 9.09. The summed E-state index contributed by atoms with van der Waals surface area (Å²) in [6.07, 6.45) is 1.62. The lowest BCUT2D eigenvalue weighted by molar-refractivity contribution is -0.116. The maximum atomic E-state index is 12.4. The summed E-state index contributed by atoms with van der Waals surface area (Å²) in [6.45, 7) is 3.86. The highest BCUT2D eigenvalue weighted by Crippen LogP contribution is 2.10. The van der Waals surface area contributed by atoms with Crippen molar-refractivity contribution in [3.05, 3.63) is 81.9 Å². The zero-order valence-electron chi connectivity index (χ0n) is 16.2. The van der Waals surface area contributed by atoms with Crippen LogP contribution in [-0.4, -0.2) is 26.6 Å². The summed E-state index contributed by atoms with van der Waals surface area (Å²) < 4.78 is 1.11. The quantitative estimate of drug-likeness (QED) is 0.672. The molecule has 0 aliphatic carbocycles. The van der Waals surface area contributed by atoms with Crippen molar-refractivity contribution in [1.29, 1.82) is 0 Å². The summed E-state index contributed by atoms with van der Waals surface area (Å²) >= 11 is 0. The van der Waals surface area contributed by atoms with E-state index in [1.807, 2.05) is 38.1 Å². The van der Waals surface area contributed by atoms with E-state index in [9.17, 15) is 14.4 Å². The Morgan fingerprint density at radius 2 is 1.79 bits per heavy atom. The number of nitrogens with one attached hydrogen (secondary N) is 2. The minimum absolute atomic E-state index is 0.0193. The molecule has 1 aromatic carbocycles. The lowest BCUT2D eigenvalue weighted by Gasteiger charge is -2.09. The Morgan fingerprint density at radius 3 is 2.55 bits per heavy atom. The van der Waals surface area contributed by atoms with Crippen LogP contribution in [0.25, 0.3) is 0 Å². The molecule has 0 bridgehead atoms. The van der Waals surface area contributed by atoms with E-state index in [-0.39, 0.29) is 24.6 Å². The number of nitrogens with zero attached hydrogens (tertiary/aromatic N) is 3. The Kier molecular flexibility index (Phi) is 6.13. The third-order valence-corrected chi connectivity index (χ3v) is 4.11. The van der Waals surface area contributed by atoms with Crippen molar-refractivity contribution in [3.8, 4) is 0 Å². The van der Waals surface area contributed by atoms with E-state index < -0.39 is 11.5 Å². The smallest absolute Gasteiger partial charge is 0.276 e. The highest BCUT2D eigenvalue weighted by atomic mass is 16.2. The van der Waals surface area contributed by atoms with E-state index in [4.69, 9.17) is 0 Å². The number of carbonyl (C=O) groups is 2. The number of anilines is 2. The summed E-state index contributed by atoms with van der Waals surface area (Å²) in [7, 11) is 0. The van der Waals surface area contributed by atoms with E-state index >= 15 is 0 Å². The molecule has 0 saturated heterocycles. The fourth-order valence-electron chi connectivity index (χ4n) is 2.67. The molecule has 3 rings (SSSR count). The lowest BCUT2D eigenvalue weighted by atomic mass is 10.2. The molecule has 0 unspecified atom stereocenters. The van der Waals surface area contributed by atoms with Gasteiger partial charge >= 0.3 is 0 Å². The Morgan fingerprint density at radius 1 is 1.00 bits per heavy atom. The van der Waals surface area contributed by atoms with Crippen LogP contribution in [0.5, 0.6) is 0 Å². The predicted molar refractivity (Wildman–Crippen MR) is 110 cm³/mol. The molecular formula is C21H21N5O3. The average molecular weight is 391 g/mol. The molecule has 2 N–H and O–H groups in total. The summed E-state index contributed by atoms with van der Waals surface area (Å²) in [5.74, 6) is -0.286. The SMILES string of the molecule is Cc1cccc(NC(=O)c2ccc(=O)n(CCC(=O)Nc3cc(C)ccn3)n2)c1. The molecule has 29 heavy (non-hydrogen) atoms. The van der Waals surface area contributed by atoms with Crippen LogP contribution in [0, 0.1) is 13.8 Å². The minimum Gasteiger partial charge on any atom is -0.321 e. The van der Waals surface area contributed by atoms with Gasteiger partial charge in [-0.3, -0.25) is 14.4 Å². The molecular weight excluding hydrogens is 370 g/mol. The Hall–Kier alpha value is -3.81. The largest absolute Gasteiger partial charge is 0.321 e. The van der Waals surface area contributed by atoms with Gasteiger partial charge in [0.1, 0.15) is 11.5 Å².